The number of aliphatic hydroxyl groups is 1. The molecule has 1 aromatic rings. The zero-order chi connectivity index (χ0) is 13.4. The first kappa shape index (κ1) is 13.0. The van der Waals surface area contributed by atoms with E-state index in [1.165, 1.54) is 17.7 Å². The second-order valence-electron chi connectivity index (χ2n) is 6.68. The van der Waals surface area contributed by atoms with Crippen LogP contribution >= 0.6 is 0 Å². The minimum absolute atomic E-state index is 0.300. The Morgan fingerprint density at radius 1 is 1.16 bits per heavy atom. The van der Waals surface area contributed by atoms with Gasteiger partial charge in [-0.1, -0.05) is 32.0 Å². The molecule has 104 valence electrons. The molecule has 2 aliphatic rings. The summed E-state index contributed by atoms with van der Waals surface area (Å²) in [5.41, 5.74) is 3.70. The van der Waals surface area contributed by atoms with Crippen LogP contribution in [-0.4, -0.2) is 11.7 Å². The third-order valence-electron chi connectivity index (χ3n) is 4.86. The van der Waals surface area contributed by atoms with Crippen LogP contribution in [0, 0.1) is 17.8 Å². The van der Waals surface area contributed by atoms with Gasteiger partial charge in [-0.15, -0.1) is 0 Å². The number of anilines is 1. The Kier molecular flexibility index (Phi) is 3.53. The van der Waals surface area contributed by atoms with Gasteiger partial charge in [0.15, 0.2) is 0 Å². The highest BCUT2D eigenvalue weighted by molar-refractivity contribution is 5.62. The van der Waals surface area contributed by atoms with Crippen molar-refractivity contribution in [3.05, 3.63) is 29.3 Å². The van der Waals surface area contributed by atoms with Crippen LogP contribution in [0.1, 0.15) is 50.3 Å². The number of benzene rings is 1. The summed E-state index contributed by atoms with van der Waals surface area (Å²) in [6.07, 6.45) is 4.43. The summed E-state index contributed by atoms with van der Waals surface area (Å²) in [6.45, 7) is 5.66. The second-order valence-corrected chi connectivity index (χ2v) is 6.68. The van der Waals surface area contributed by atoms with Gasteiger partial charge in [-0.05, 0) is 49.0 Å². The van der Waals surface area contributed by atoms with Crippen LogP contribution in [0.3, 0.4) is 0 Å². The normalized spacial score (nSPS) is 31.6. The Morgan fingerprint density at radius 3 is 2.63 bits per heavy atom. The van der Waals surface area contributed by atoms with Crippen molar-refractivity contribution in [3.8, 4) is 0 Å². The number of para-hydroxylation sites is 1. The summed E-state index contributed by atoms with van der Waals surface area (Å²) >= 11 is 0. The Hall–Kier alpha value is -1.02. The van der Waals surface area contributed by atoms with Crippen LogP contribution in [0.4, 0.5) is 5.69 Å². The fraction of sp³-hybridized carbons (Fsp3) is 0.647. The van der Waals surface area contributed by atoms with Gasteiger partial charge in [0.2, 0.25) is 0 Å². The van der Waals surface area contributed by atoms with Crippen LogP contribution in [0.5, 0.6) is 0 Å². The van der Waals surface area contributed by atoms with E-state index in [1.807, 2.05) is 0 Å². The van der Waals surface area contributed by atoms with E-state index >= 15 is 0 Å². The maximum absolute atomic E-state index is 10.8. The lowest BCUT2D eigenvalue weighted by Gasteiger charge is -2.35. The van der Waals surface area contributed by atoms with Crippen LogP contribution in [-0.2, 0) is 6.42 Å². The molecule has 3 atom stereocenters. The van der Waals surface area contributed by atoms with Gasteiger partial charge in [-0.3, -0.25) is 0 Å². The van der Waals surface area contributed by atoms with Gasteiger partial charge in [-0.2, -0.15) is 0 Å². The highest BCUT2D eigenvalue weighted by Crippen LogP contribution is 2.42. The van der Waals surface area contributed by atoms with E-state index in [9.17, 15) is 5.11 Å². The molecule has 0 spiro atoms. The van der Waals surface area contributed by atoms with Gasteiger partial charge in [0, 0.05) is 17.8 Å². The Morgan fingerprint density at radius 2 is 1.89 bits per heavy atom. The zero-order valence-corrected chi connectivity index (χ0v) is 12.0. The number of hydrogen-bond donors (Lipinski definition) is 2. The minimum Gasteiger partial charge on any atom is -0.388 e. The molecule has 0 amide bonds. The van der Waals surface area contributed by atoms with Gasteiger partial charge in [0.25, 0.3) is 0 Å². The number of aliphatic hydroxyl groups excluding tert-OH is 1. The predicted octanol–water partition coefficient (Wildman–Crippen LogP) is 3.76. The van der Waals surface area contributed by atoms with E-state index in [0.717, 1.165) is 43.2 Å². The largest absolute Gasteiger partial charge is 0.388 e. The van der Waals surface area contributed by atoms with Crippen LogP contribution in [0.2, 0.25) is 0 Å². The molecule has 3 unspecified atom stereocenters. The molecule has 2 N–H and O–H groups in total. The lowest BCUT2D eigenvalue weighted by Crippen LogP contribution is -2.25. The molecule has 1 fully saturated rings. The molecule has 0 saturated heterocycles. The van der Waals surface area contributed by atoms with E-state index in [2.05, 4.69) is 37.4 Å². The topological polar surface area (TPSA) is 32.3 Å². The van der Waals surface area contributed by atoms with Crippen molar-refractivity contribution in [3.63, 3.8) is 0 Å². The highest BCUT2D eigenvalue weighted by atomic mass is 16.3. The maximum Gasteiger partial charge on any atom is 0.0838 e. The molecule has 3 rings (SSSR count). The van der Waals surface area contributed by atoms with Crippen molar-refractivity contribution in [2.75, 3.05) is 11.9 Å². The Bertz CT molecular complexity index is 447. The van der Waals surface area contributed by atoms with E-state index in [1.54, 1.807) is 0 Å². The predicted molar refractivity (Wildman–Crippen MR) is 79.3 cm³/mol. The van der Waals surface area contributed by atoms with Crippen molar-refractivity contribution in [2.45, 2.75) is 45.6 Å². The third kappa shape index (κ3) is 2.51. The summed E-state index contributed by atoms with van der Waals surface area (Å²) in [6, 6.07) is 6.38. The lowest BCUT2D eigenvalue weighted by molar-refractivity contribution is 0.0556. The molecule has 0 aromatic heterocycles. The van der Waals surface area contributed by atoms with Crippen LogP contribution in [0.25, 0.3) is 0 Å². The quantitative estimate of drug-likeness (QED) is 0.847. The van der Waals surface area contributed by atoms with E-state index in [4.69, 9.17) is 0 Å². The Balaban J connectivity index is 1.84. The first-order valence-corrected chi connectivity index (χ1v) is 7.69. The molecule has 1 aromatic carbocycles. The van der Waals surface area contributed by atoms with E-state index < -0.39 is 0 Å². The van der Waals surface area contributed by atoms with Gasteiger partial charge >= 0.3 is 0 Å². The van der Waals surface area contributed by atoms with Gasteiger partial charge in [-0.25, -0.2) is 0 Å². The third-order valence-corrected chi connectivity index (χ3v) is 4.86. The van der Waals surface area contributed by atoms with Crippen molar-refractivity contribution < 1.29 is 5.11 Å². The monoisotopic (exact) mass is 259 g/mol. The molecule has 1 aliphatic heterocycles. The van der Waals surface area contributed by atoms with Crippen molar-refractivity contribution in [2.24, 2.45) is 17.8 Å². The molecule has 1 heterocycles. The molecular weight excluding hydrogens is 234 g/mol. The lowest BCUT2D eigenvalue weighted by atomic mass is 9.73. The Labute approximate surface area is 116 Å². The highest BCUT2D eigenvalue weighted by Gasteiger charge is 2.31. The molecule has 1 aliphatic carbocycles. The van der Waals surface area contributed by atoms with E-state index in [-0.39, 0.29) is 6.10 Å². The standard InChI is InChI=1S/C17H25NO/c1-11-8-12(2)10-14(9-11)17(19)15-5-3-4-13-6-7-18-16(13)15/h3-5,11-12,14,17-19H,6-10H2,1-2H3. The summed E-state index contributed by atoms with van der Waals surface area (Å²) in [5, 5.41) is 14.3. The fourth-order valence-corrected chi connectivity index (χ4v) is 4.13. The molecule has 2 nitrogen and oxygen atoms in total. The van der Waals surface area contributed by atoms with Gasteiger partial charge < -0.3 is 10.4 Å². The number of rotatable bonds is 2. The molecule has 1 saturated carbocycles. The van der Waals surface area contributed by atoms with Gasteiger partial charge in [0.05, 0.1) is 6.10 Å². The molecular formula is C17H25NO. The fourth-order valence-electron chi connectivity index (χ4n) is 4.13. The average Bonchev–Trinajstić information content (AvgIpc) is 2.84. The van der Waals surface area contributed by atoms with Crippen molar-refractivity contribution >= 4 is 5.69 Å². The zero-order valence-electron chi connectivity index (χ0n) is 12.0. The van der Waals surface area contributed by atoms with Gasteiger partial charge in [0.1, 0.15) is 0 Å². The maximum atomic E-state index is 10.8. The smallest absolute Gasteiger partial charge is 0.0838 e. The molecule has 2 heteroatoms. The first-order valence-electron chi connectivity index (χ1n) is 7.69. The summed E-state index contributed by atoms with van der Waals surface area (Å²) in [7, 11) is 0. The molecule has 0 bridgehead atoms. The van der Waals surface area contributed by atoms with Crippen LogP contribution in [0.15, 0.2) is 18.2 Å². The number of hydrogen-bond acceptors (Lipinski definition) is 2. The van der Waals surface area contributed by atoms with Crippen LogP contribution < -0.4 is 5.32 Å². The number of fused-ring (bicyclic) bond motifs is 1. The summed E-state index contributed by atoms with van der Waals surface area (Å²) in [4.78, 5) is 0. The summed E-state index contributed by atoms with van der Waals surface area (Å²) < 4.78 is 0. The van der Waals surface area contributed by atoms with Crippen molar-refractivity contribution in [1.82, 2.24) is 0 Å². The molecule has 0 radical (unpaired) electrons. The van der Waals surface area contributed by atoms with E-state index in [0.29, 0.717) is 5.92 Å². The average molecular weight is 259 g/mol. The minimum atomic E-state index is -0.300. The second kappa shape index (κ2) is 5.16. The number of nitrogens with one attached hydrogen (secondary N) is 1. The summed E-state index contributed by atoms with van der Waals surface area (Å²) in [5.74, 6) is 1.91. The SMILES string of the molecule is CC1CC(C)CC(C(O)c2cccc3c2NCC3)C1. The van der Waals surface area contributed by atoms with Crippen molar-refractivity contribution in [1.29, 1.82) is 0 Å². The molecule has 19 heavy (non-hydrogen) atoms. The first-order chi connectivity index (χ1) is 9.15.